The van der Waals surface area contributed by atoms with Crippen LogP contribution in [0.3, 0.4) is 0 Å². The number of hydrogen-bond acceptors (Lipinski definition) is 5. The highest BCUT2D eigenvalue weighted by Gasteiger charge is 2.51. The molecule has 13 heteroatoms. The Labute approximate surface area is 254 Å². The highest BCUT2D eigenvalue weighted by atomic mass is 32.1. The molecular weight excluding hydrogens is 599 g/mol. The molecule has 1 aliphatic carbocycles. The molecule has 3 amide bonds. The first-order valence-corrected chi connectivity index (χ1v) is 17.4. The van der Waals surface area contributed by atoms with Gasteiger partial charge in [-0.05, 0) is 67.5 Å². The molecule has 1 aromatic heterocycles. The Morgan fingerprint density at radius 1 is 1.02 bits per heavy atom. The van der Waals surface area contributed by atoms with Gasteiger partial charge in [0.1, 0.15) is 12.1 Å². The van der Waals surface area contributed by atoms with Gasteiger partial charge in [0.2, 0.25) is 11.8 Å². The second kappa shape index (κ2) is 11.5. The van der Waals surface area contributed by atoms with E-state index in [4.69, 9.17) is 9.79 Å². The molecule has 3 heterocycles. The van der Waals surface area contributed by atoms with Crippen LogP contribution < -0.4 is 5.32 Å². The van der Waals surface area contributed by atoms with E-state index < -0.39 is 42.2 Å². The maximum absolute atomic E-state index is 14.3. The number of halogens is 2. The summed E-state index contributed by atoms with van der Waals surface area (Å²) >= 11 is 1.03. The van der Waals surface area contributed by atoms with Crippen molar-refractivity contribution in [3.05, 3.63) is 34.7 Å². The Morgan fingerprint density at radius 2 is 1.70 bits per heavy atom. The number of benzene rings is 1. The second-order valence-electron chi connectivity index (χ2n) is 13.3. The molecule has 2 aliphatic heterocycles. The molecule has 3 fully saturated rings. The topological polar surface area (TPSA) is 127 Å². The minimum Gasteiger partial charge on any atom is -0.339 e. The molecule has 2 unspecified atom stereocenters. The first kappa shape index (κ1) is 32.0. The number of nitrogens with one attached hydrogen (secondary N) is 1. The number of fused-ring (bicyclic) bond motifs is 1. The monoisotopic (exact) mass is 639 g/mol. The summed E-state index contributed by atoms with van der Waals surface area (Å²) in [6, 6.07) is 3.05. The lowest BCUT2D eigenvalue weighted by Gasteiger charge is -2.44. The zero-order valence-corrected chi connectivity index (χ0v) is 26.5. The van der Waals surface area contributed by atoms with Crippen LogP contribution in [0.4, 0.5) is 8.78 Å². The van der Waals surface area contributed by atoms with E-state index in [9.17, 15) is 27.7 Å². The largest absolute Gasteiger partial charge is 0.399 e. The number of carbonyl (C=O) groups is 3. The van der Waals surface area contributed by atoms with Gasteiger partial charge >= 0.3 is 13.3 Å². The predicted molar refractivity (Wildman–Crippen MR) is 160 cm³/mol. The highest BCUT2D eigenvalue weighted by molar-refractivity contribution is 7.52. The number of alkyl halides is 2. The van der Waals surface area contributed by atoms with Gasteiger partial charge in [-0.2, -0.15) is 8.78 Å². The van der Waals surface area contributed by atoms with Crippen LogP contribution in [0, 0.1) is 5.41 Å². The molecule has 2 saturated heterocycles. The summed E-state index contributed by atoms with van der Waals surface area (Å²) < 4.78 is 40.4. The van der Waals surface area contributed by atoms with Crippen LogP contribution in [0.15, 0.2) is 24.3 Å². The number of nitrogens with zero attached hydrogens (tertiary/aromatic N) is 2. The van der Waals surface area contributed by atoms with Crippen LogP contribution in [-0.2, 0) is 19.8 Å². The Kier molecular flexibility index (Phi) is 8.57. The molecule has 1 aromatic carbocycles. The molecule has 1 saturated carbocycles. The third kappa shape index (κ3) is 6.00. The highest BCUT2D eigenvalue weighted by Crippen LogP contribution is 2.59. The molecule has 3 N–H and O–H groups in total. The van der Waals surface area contributed by atoms with Gasteiger partial charge < -0.3 is 24.9 Å². The molecular formula is C30H40F2N3O6PS. The summed E-state index contributed by atoms with van der Waals surface area (Å²) in [6.45, 7) is 6.65. The molecule has 1 spiro atoms. The fourth-order valence-corrected chi connectivity index (χ4v) is 8.43. The zero-order valence-electron chi connectivity index (χ0n) is 24.8. The minimum absolute atomic E-state index is 0.0108. The van der Waals surface area contributed by atoms with Crippen LogP contribution in [0.25, 0.3) is 10.1 Å². The summed E-state index contributed by atoms with van der Waals surface area (Å²) in [5.41, 5.74) is -6.01. The van der Waals surface area contributed by atoms with Crippen molar-refractivity contribution in [2.75, 3.05) is 13.1 Å². The average molecular weight is 640 g/mol. The zero-order chi connectivity index (χ0) is 31.4. The van der Waals surface area contributed by atoms with Gasteiger partial charge in [0.25, 0.3) is 5.91 Å². The molecule has 236 valence electrons. The fourth-order valence-electron chi connectivity index (χ4n) is 7.01. The summed E-state index contributed by atoms with van der Waals surface area (Å²) in [5, 5.41) is 3.08. The normalized spacial score (nSPS) is 21.9. The molecule has 0 bridgehead atoms. The lowest BCUT2D eigenvalue weighted by molar-refractivity contribution is -0.149. The Morgan fingerprint density at radius 3 is 2.35 bits per heavy atom. The van der Waals surface area contributed by atoms with Crippen molar-refractivity contribution in [1.82, 2.24) is 15.1 Å². The summed E-state index contributed by atoms with van der Waals surface area (Å²) in [5.74, 6) is -0.879. The van der Waals surface area contributed by atoms with Crippen molar-refractivity contribution in [2.45, 2.75) is 102 Å². The van der Waals surface area contributed by atoms with E-state index in [-0.39, 0.29) is 27.6 Å². The number of likely N-dealkylation sites (tertiary alicyclic amines) is 2. The van der Waals surface area contributed by atoms with Crippen molar-refractivity contribution in [3.8, 4) is 0 Å². The lowest BCUT2D eigenvalue weighted by Crippen LogP contribution is -2.59. The van der Waals surface area contributed by atoms with E-state index in [0.29, 0.717) is 30.6 Å². The van der Waals surface area contributed by atoms with Crippen LogP contribution in [0.2, 0.25) is 0 Å². The van der Waals surface area contributed by atoms with Gasteiger partial charge in [0.05, 0.1) is 4.88 Å². The van der Waals surface area contributed by atoms with Gasteiger partial charge in [-0.15, -0.1) is 11.3 Å². The third-order valence-electron chi connectivity index (χ3n) is 9.31. The van der Waals surface area contributed by atoms with E-state index in [1.807, 2.05) is 20.8 Å². The Hall–Kier alpha value is -2.40. The Balaban J connectivity index is 1.35. The molecule has 9 nitrogen and oxygen atoms in total. The predicted octanol–water partition coefficient (Wildman–Crippen LogP) is 5.59. The maximum atomic E-state index is 14.3. The standard InChI is InChI=1S/C30H40F2N3O6PS/c1-28(2,3)24(33-25(36)23-18-19-17-20(10-11-22(19)43-23)30(31,32)42(39,40)41)27(38)34-15-7-9-21(34)26(37)35-16-8-14-29(35)12-5-4-6-13-29/h10-11,17-18,21,24H,4-9,12-16H2,1-3H3,(H,33,36)(H2,39,40,41). The molecule has 2 atom stereocenters. The average Bonchev–Trinajstić information content (AvgIpc) is 3.68. The number of thiophene rings is 1. The third-order valence-corrected chi connectivity index (χ3v) is 11.4. The van der Waals surface area contributed by atoms with Crippen LogP contribution in [0.5, 0.6) is 0 Å². The van der Waals surface area contributed by atoms with Crippen molar-refractivity contribution >= 4 is 46.7 Å². The van der Waals surface area contributed by atoms with Gasteiger partial charge in [0, 0.05) is 28.9 Å². The molecule has 3 aliphatic rings. The molecule has 43 heavy (non-hydrogen) atoms. The summed E-state index contributed by atoms with van der Waals surface area (Å²) in [7, 11) is -5.75. The summed E-state index contributed by atoms with van der Waals surface area (Å²) in [6.07, 6.45) is 8.69. The van der Waals surface area contributed by atoms with E-state index in [1.165, 1.54) is 18.6 Å². The molecule has 5 rings (SSSR count). The number of rotatable bonds is 6. The van der Waals surface area contributed by atoms with Crippen LogP contribution >= 0.6 is 18.9 Å². The first-order valence-electron chi connectivity index (χ1n) is 15.0. The lowest BCUT2D eigenvalue weighted by atomic mass is 9.79. The number of carbonyl (C=O) groups excluding carboxylic acids is 3. The molecule has 0 radical (unpaired) electrons. The SMILES string of the molecule is CC(C)(C)C(NC(=O)c1cc2cc(C(F)(F)P(=O)(O)O)ccc2s1)C(=O)N1CCCC1C(=O)N1CCCC12CCCCC2. The smallest absolute Gasteiger partial charge is 0.339 e. The van der Waals surface area contributed by atoms with Crippen molar-refractivity contribution < 1.29 is 37.5 Å². The second-order valence-corrected chi connectivity index (χ2v) is 16.0. The quantitative estimate of drug-likeness (QED) is 0.354. The minimum atomic E-state index is -5.75. The van der Waals surface area contributed by atoms with E-state index in [0.717, 1.165) is 62.0 Å². The number of amides is 3. The van der Waals surface area contributed by atoms with Crippen LogP contribution in [0.1, 0.15) is 93.8 Å². The van der Waals surface area contributed by atoms with E-state index in [2.05, 4.69) is 10.2 Å². The first-order chi connectivity index (χ1) is 20.0. The van der Waals surface area contributed by atoms with Crippen molar-refractivity contribution in [3.63, 3.8) is 0 Å². The van der Waals surface area contributed by atoms with E-state index in [1.54, 1.807) is 4.90 Å². The van der Waals surface area contributed by atoms with Gasteiger partial charge in [-0.3, -0.25) is 18.9 Å². The van der Waals surface area contributed by atoms with Gasteiger partial charge in [-0.1, -0.05) is 46.1 Å². The summed E-state index contributed by atoms with van der Waals surface area (Å²) in [4.78, 5) is 63.5. The number of hydrogen-bond donors (Lipinski definition) is 3. The van der Waals surface area contributed by atoms with Gasteiger partial charge in [0.15, 0.2) is 0 Å². The Bertz CT molecular complexity index is 1460. The fraction of sp³-hybridized carbons (Fsp3) is 0.633. The van der Waals surface area contributed by atoms with Crippen LogP contribution in [-0.4, -0.2) is 68.0 Å². The molecule has 2 aromatic rings. The maximum Gasteiger partial charge on any atom is 0.399 e. The van der Waals surface area contributed by atoms with Gasteiger partial charge in [-0.25, -0.2) is 0 Å². The van der Waals surface area contributed by atoms with E-state index >= 15 is 0 Å². The van der Waals surface area contributed by atoms with Crippen molar-refractivity contribution in [1.29, 1.82) is 0 Å². The van der Waals surface area contributed by atoms with Crippen molar-refractivity contribution in [2.24, 2.45) is 5.41 Å².